The number of hydrogen-bond donors (Lipinski definition) is 1. The van der Waals surface area contributed by atoms with Crippen molar-refractivity contribution in [2.75, 3.05) is 19.6 Å². The number of fused-ring (bicyclic) bond motifs is 2. The topological polar surface area (TPSA) is 56.4 Å². The molecule has 1 aromatic carbocycles. The van der Waals surface area contributed by atoms with Crippen LogP contribution < -0.4 is 5.56 Å². The number of nitrogens with one attached hydrogen (secondary N) is 1. The van der Waals surface area contributed by atoms with Crippen LogP contribution in [0.3, 0.4) is 0 Å². The number of likely N-dealkylation sites (tertiary alicyclic amines) is 1. The number of piperidine rings is 3. The van der Waals surface area contributed by atoms with Gasteiger partial charge >= 0.3 is 0 Å². The van der Waals surface area contributed by atoms with Crippen LogP contribution in [0.5, 0.6) is 0 Å². The van der Waals surface area contributed by atoms with Crippen LogP contribution in [0.2, 0.25) is 0 Å². The van der Waals surface area contributed by atoms with Gasteiger partial charge in [-0.3, -0.25) is 14.5 Å². The second-order valence-electron chi connectivity index (χ2n) is 8.05. The Labute approximate surface area is 161 Å². The largest absolute Gasteiger partial charge is 0.332 e. The van der Waals surface area contributed by atoms with Crippen LogP contribution in [0.15, 0.2) is 41.2 Å². The van der Waals surface area contributed by atoms with Gasteiger partial charge in [0.2, 0.25) is 5.56 Å². The summed E-state index contributed by atoms with van der Waals surface area (Å²) in [7, 11) is 0. The molecule has 7 heteroatoms. The zero-order valence-corrected chi connectivity index (χ0v) is 15.3. The highest BCUT2D eigenvalue weighted by molar-refractivity contribution is 5.93. The van der Waals surface area contributed by atoms with Crippen molar-refractivity contribution >= 4 is 5.91 Å². The Morgan fingerprint density at radius 1 is 1.04 bits per heavy atom. The fraction of sp³-hybridized carbons (Fsp3) is 0.429. The Morgan fingerprint density at radius 3 is 2.43 bits per heavy atom. The molecular formula is C21H21F2N3O2. The van der Waals surface area contributed by atoms with Gasteiger partial charge in [-0.05, 0) is 55.6 Å². The fourth-order valence-corrected chi connectivity index (χ4v) is 5.46. The van der Waals surface area contributed by atoms with Crippen molar-refractivity contribution in [2.24, 2.45) is 5.92 Å². The van der Waals surface area contributed by atoms with Crippen LogP contribution in [0.4, 0.5) is 8.78 Å². The summed E-state index contributed by atoms with van der Waals surface area (Å²) in [5, 5.41) is 0. The second kappa shape index (κ2) is 6.51. The smallest absolute Gasteiger partial charge is 0.270 e. The van der Waals surface area contributed by atoms with Gasteiger partial charge in [-0.2, -0.15) is 0 Å². The van der Waals surface area contributed by atoms with E-state index < -0.39 is 11.6 Å². The van der Waals surface area contributed by atoms with E-state index in [1.54, 1.807) is 12.1 Å². The van der Waals surface area contributed by atoms with Gasteiger partial charge in [0, 0.05) is 30.6 Å². The molecule has 28 heavy (non-hydrogen) atoms. The highest BCUT2D eigenvalue weighted by Crippen LogP contribution is 2.47. The Kier molecular flexibility index (Phi) is 4.08. The van der Waals surface area contributed by atoms with Gasteiger partial charge in [-0.25, -0.2) is 8.78 Å². The van der Waals surface area contributed by atoms with E-state index in [0.29, 0.717) is 18.0 Å². The van der Waals surface area contributed by atoms with Crippen molar-refractivity contribution in [3.8, 4) is 0 Å². The average molecular weight is 385 g/mol. The number of amides is 1. The summed E-state index contributed by atoms with van der Waals surface area (Å²) >= 11 is 0. The minimum atomic E-state index is -0.598. The van der Waals surface area contributed by atoms with Crippen molar-refractivity contribution in [3.05, 3.63) is 69.6 Å². The lowest BCUT2D eigenvalue weighted by Crippen LogP contribution is -2.60. The van der Waals surface area contributed by atoms with E-state index in [-0.39, 0.29) is 35.2 Å². The quantitative estimate of drug-likeness (QED) is 0.864. The van der Waals surface area contributed by atoms with Crippen molar-refractivity contribution in [1.82, 2.24) is 14.8 Å². The van der Waals surface area contributed by atoms with E-state index in [1.807, 2.05) is 4.90 Å². The SMILES string of the molecule is O=C(c1cccc(=O)[nH]1)N1C[C@@H](c2cc(F)cc(F)c2)[C@@H]2[C@H]1C1CCN2CC1. The Morgan fingerprint density at radius 2 is 1.75 bits per heavy atom. The molecule has 146 valence electrons. The maximum atomic E-state index is 13.9. The van der Waals surface area contributed by atoms with Crippen LogP contribution in [0.1, 0.15) is 34.8 Å². The van der Waals surface area contributed by atoms with Gasteiger partial charge in [-0.15, -0.1) is 0 Å². The van der Waals surface area contributed by atoms with Crippen molar-refractivity contribution < 1.29 is 13.6 Å². The van der Waals surface area contributed by atoms with Gasteiger partial charge in [-0.1, -0.05) is 6.07 Å². The van der Waals surface area contributed by atoms with E-state index in [4.69, 9.17) is 0 Å². The molecule has 0 unspecified atom stereocenters. The van der Waals surface area contributed by atoms with E-state index in [9.17, 15) is 18.4 Å². The summed E-state index contributed by atoms with van der Waals surface area (Å²) in [6.45, 7) is 2.29. The third-order valence-electron chi connectivity index (χ3n) is 6.57. The summed E-state index contributed by atoms with van der Waals surface area (Å²) in [4.78, 5) is 31.7. The van der Waals surface area contributed by atoms with Crippen molar-refractivity contribution in [1.29, 1.82) is 0 Å². The van der Waals surface area contributed by atoms with E-state index >= 15 is 0 Å². The number of benzene rings is 1. The lowest BCUT2D eigenvalue weighted by Gasteiger charge is -2.51. The number of aromatic nitrogens is 1. The minimum absolute atomic E-state index is 0.00460. The zero-order valence-electron chi connectivity index (χ0n) is 15.3. The van der Waals surface area contributed by atoms with Crippen LogP contribution in [-0.4, -0.2) is 52.4 Å². The molecule has 5 heterocycles. The summed E-state index contributed by atoms with van der Waals surface area (Å²) in [5.74, 6) is -1.20. The number of aromatic amines is 1. The lowest BCUT2D eigenvalue weighted by molar-refractivity contribution is -0.00361. The molecule has 4 aliphatic rings. The van der Waals surface area contributed by atoms with E-state index in [1.165, 1.54) is 18.2 Å². The molecule has 4 fully saturated rings. The number of nitrogens with zero attached hydrogens (tertiary/aromatic N) is 2. The number of H-pyrrole nitrogens is 1. The fourth-order valence-electron chi connectivity index (χ4n) is 5.46. The number of rotatable bonds is 2. The number of carbonyl (C=O) groups is 1. The number of halogens is 2. The molecule has 1 amide bonds. The molecule has 2 aromatic rings. The monoisotopic (exact) mass is 385 g/mol. The molecule has 0 radical (unpaired) electrons. The number of hydrogen-bond acceptors (Lipinski definition) is 3. The first-order chi connectivity index (χ1) is 13.5. The molecule has 4 aliphatic heterocycles. The van der Waals surface area contributed by atoms with Gasteiger partial charge in [0.05, 0.1) is 6.04 Å². The molecule has 6 rings (SSSR count). The van der Waals surface area contributed by atoms with Gasteiger partial charge in [0.15, 0.2) is 0 Å². The average Bonchev–Trinajstić information content (AvgIpc) is 3.10. The summed E-state index contributed by atoms with van der Waals surface area (Å²) in [6, 6.07) is 8.23. The van der Waals surface area contributed by atoms with Crippen molar-refractivity contribution in [3.63, 3.8) is 0 Å². The van der Waals surface area contributed by atoms with Gasteiger partial charge in [0.1, 0.15) is 17.3 Å². The minimum Gasteiger partial charge on any atom is -0.332 e. The van der Waals surface area contributed by atoms with Crippen LogP contribution in [0.25, 0.3) is 0 Å². The summed E-state index contributed by atoms with van der Waals surface area (Å²) in [5.41, 5.74) is 0.532. The summed E-state index contributed by atoms with van der Waals surface area (Å²) in [6.07, 6.45) is 2.03. The van der Waals surface area contributed by atoms with Crippen molar-refractivity contribution in [2.45, 2.75) is 30.8 Å². The van der Waals surface area contributed by atoms with Crippen LogP contribution in [0, 0.1) is 17.6 Å². The van der Waals surface area contributed by atoms with Gasteiger partial charge < -0.3 is 9.88 Å². The second-order valence-corrected chi connectivity index (χ2v) is 8.05. The molecule has 4 saturated heterocycles. The molecule has 1 N–H and O–H groups in total. The molecule has 0 aliphatic carbocycles. The first kappa shape index (κ1) is 17.6. The molecule has 5 nitrogen and oxygen atoms in total. The van der Waals surface area contributed by atoms with E-state index in [0.717, 1.165) is 32.0 Å². The number of carbonyl (C=O) groups excluding carboxylic acids is 1. The Balaban J connectivity index is 1.55. The lowest BCUT2D eigenvalue weighted by atomic mass is 9.75. The first-order valence-corrected chi connectivity index (χ1v) is 9.71. The predicted octanol–water partition coefficient (Wildman–Crippen LogP) is 2.36. The molecule has 0 saturated carbocycles. The first-order valence-electron chi connectivity index (χ1n) is 9.71. The van der Waals surface area contributed by atoms with Crippen LogP contribution in [-0.2, 0) is 0 Å². The predicted molar refractivity (Wildman–Crippen MR) is 99.1 cm³/mol. The summed E-state index contributed by atoms with van der Waals surface area (Å²) < 4.78 is 27.8. The Bertz CT molecular complexity index is 963. The van der Waals surface area contributed by atoms with Crippen LogP contribution >= 0.6 is 0 Å². The maximum absolute atomic E-state index is 13.9. The molecular weight excluding hydrogens is 364 g/mol. The normalized spacial score (nSPS) is 31.1. The molecule has 2 bridgehead atoms. The van der Waals surface area contributed by atoms with Gasteiger partial charge in [0.25, 0.3) is 5.91 Å². The standard InChI is InChI=1S/C21H21F2N3O2/c22-14-8-13(9-15(23)10-14)16-11-26(21(28)17-2-1-3-18(27)24-17)19-12-4-6-25(7-5-12)20(16)19/h1-3,8-10,12,16,19-20H,4-7,11H2,(H,24,27)/t16-,19+,20+/m0/s1. The Hall–Kier alpha value is -2.54. The molecule has 1 aromatic heterocycles. The molecule has 3 atom stereocenters. The number of pyridine rings is 1. The maximum Gasteiger partial charge on any atom is 0.270 e. The third-order valence-corrected chi connectivity index (χ3v) is 6.57. The highest BCUT2D eigenvalue weighted by Gasteiger charge is 2.54. The van der Waals surface area contributed by atoms with E-state index in [2.05, 4.69) is 9.88 Å². The zero-order chi connectivity index (χ0) is 19.4. The molecule has 0 spiro atoms. The highest BCUT2D eigenvalue weighted by atomic mass is 19.1. The third kappa shape index (κ3) is 2.76.